The molecule has 1 aliphatic carbocycles. The average Bonchev–Trinajstić information content (AvgIpc) is 3.24. The van der Waals surface area contributed by atoms with Crippen LogP contribution in [0.3, 0.4) is 0 Å². The summed E-state index contributed by atoms with van der Waals surface area (Å²) in [5.41, 5.74) is 0.945. The van der Waals surface area contributed by atoms with E-state index < -0.39 is 0 Å². The molecule has 0 spiro atoms. The summed E-state index contributed by atoms with van der Waals surface area (Å²) >= 11 is 7.62. The Labute approximate surface area is 198 Å². The summed E-state index contributed by atoms with van der Waals surface area (Å²) in [7, 11) is 0. The summed E-state index contributed by atoms with van der Waals surface area (Å²) in [5, 5.41) is 5.26. The summed E-state index contributed by atoms with van der Waals surface area (Å²) in [4.78, 5) is 42.2. The van der Waals surface area contributed by atoms with Crippen LogP contribution in [-0.2, 0) is 16.1 Å². The quantitative estimate of drug-likeness (QED) is 0.660. The number of carbonyl (C=O) groups is 3. The standard InChI is InChI=1S/C24H30ClN3O3S/c1-15(2)26-22(29)18-8-6-16(7-9-18)13-28-23(30)21-20(10-11-32-21)27(24(28)31)14-17-4-3-5-19(25)12-17/h3-5,10-12,15-16,18,20-21H,6-9,13-14H2,1-2H3,(H,26,29). The molecule has 1 aromatic carbocycles. The van der Waals surface area contributed by atoms with Crippen molar-refractivity contribution < 1.29 is 14.4 Å². The number of benzene rings is 1. The molecule has 32 heavy (non-hydrogen) atoms. The first kappa shape index (κ1) is 23.2. The van der Waals surface area contributed by atoms with Gasteiger partial charge in [-0.05, 0) is 68.6 Å². The summed E-state index contributed by atoms with van der Waals surface area (Å²) in [6, 6.07) is 7.17. The van der Waals surface area contributed by atoms with E-state index >= 15 is 0 Å². The molecule has 2 atom stereocenters. The smallest absolute Gasteiger partial charge is 0.327 e. The lowest BCUT2D eigenvalue weighted by molar-refractivity contribution is -0.132. The number of nitrogens with zero attached hydrogens (tertiary/aromatic N) is 2. The van der Waals surface area contributed by atoms with Crippen molar-refractivity contribution in [3.63, 3.8) is 0 Å². The lowest BCUT2D eigenvalue weighted by atomic mass is 9.81. The maximum Gasteiger partial charge on any atom is 0.327 e. The highest BCUT2D eigenvalue weighted by Crippen LogP contribution is 2.37. The van der Waals surface area contributed by atoms with Crippen molar-refractivity contribution in [2.24, 2.45) is 11.8 Å². The van der Waals surface area contributed by atoms with Crippen LogP contribution in [0.2, 0.25) is 5.02 Å². The molecule has 6 nitrogen and oxygen atoms in total. The van der Waals surface area contributed by atoms with Gasteiger partial charge in [-0.25, -0.2) is 4.79 Å². The van der Waals surface area contributed by atoms with E-state index in [2.05, 4.69) is 5.32 Å². The van der Waals surface area contributed by atoms with Gasteiger partial charge < -0.3 is 10.2 Å². The molecule has 8 heteroatoms. The molecule has 2 fully saturated rings. The second-order valence-corrected chi connectivity index (χ2v) is 10.7. The van der Waals surface area contributed by atoms with Gasteiger partial charge in [0.1, 0.15) is 5.25 Å². The molecule has 4 amide bonds. The van der Waals surface area contributed by atoms with E-state index in [0.717, 1.165) is 31.2 Å². The second-order valence-electron chi connectivity index (χ2n) is 9.25. The number of hydrogen-bond donors (Lipinski definition) is 1. The topological polar surface area (TPSA) is 69.7 Å². The SMILES string of the molecule is CC(C)NC(=O)C1CCC(CN2C(=O)C3SC=CC3N(Cc3cccc(Cl)c3)C2=O)CC1. The fourth-order valence-corrected chi connectivity index (χ4v) is 6.11. The van der Waals surface area contributed by atoms with E-state index in [1.807, 2.05) is 49.6 Å². The first-order valence-corrected chi connectivity index (χ1v) is 12.6. The number of amides is 4. The van der Waals surface area contributed by atoms with Crippen molar-refractivity contribution in [3.05, 3.63) is 46.3 Å². The van der Waals surface area contributed by atoms with Crippen LogP contribution in [-0.4, -0.2) is 51.5 Å². The fourth-order valence-electron chi connectivity index (χ4n) is 4.83. The van der Waals surface area contributed by atoms with Crippen molar-refractivity contribution >= 4 is 41.2 Å². The monoisotopic (exact) mass is 475 g/mol. The second kappa shape index (κ2) is 9.87. The van der Waals surface area contributed by atoms with E-state index in [1.54, 1.807) is 4.90 Å². The van der Waals surface area contributed by atoms with Crippen LogP contribution >= 0.6 is 23.4 Å². The molecule has 2 unspecified atom stereocenters. The van der Waals surface area contributed by atoms with Gasteiger partial charge in [0.2, 0.25) is 11.8 Å². The molecule has 172 valence electrons. The summed E-state index contributed by atoms with van der Waals surface area (Å²) in [6.07, 6.45) is 5.25. The van der Waals surface area contributed by atoms with E-state index in [-0.39, 0.29) is 47.0 Å². The van der Waals surface area contributed by atoms with Crippen LogP contribution in [0.1, 0.15) is 45.1 Å². The van der Waals surface area contributed by atoms with Crippen LogP contribution in [0.5, 0.6) is 0 Å². The molecule has 2 aliphatic heterocycles. The van der Waals surface area contributed by atoms with E-state index in [1.165, 1.54) is 16.7 Å². The maximum absolute atomic E-state index is 13.4. The zero-order chi connectivity index (χ0) is 22.8. The number of urea groups is 1. The van der Waals surface area contributed by atoms with Crippen molar-refractivity contribution in [2.75, 3.05) is 6.54 Å². The molecule has 0 radical (unpaired) electrons. The number of fused-ring (bicyclic) bond motifs is 1. The van der Waals surface area contributed by atoms with Gasteiger partial charge in [0.15, 0.2) is 0 Å². The highest BCUT2D eigenvalue weighted by atomic mass is 35.5. The van der Waals surface area contributed by atoms with Gasteiger partial charge in [-0.3, -0.25) is 14.5 Å². The highest BCUT2D eigenvalue weighted by molar-refractivity contribution is 8.03. The zero-order valence-electron chi connectivity index (χ0n) is 18.5. The molecule has 0 bridgehead atoms. The molecule has 0 aromatic heterocycles. The van der Waals surface area contributed by atoms with Crippen molar-refractivity contribution in [2.45, 2.75) is 63.4 Å². The molecular formula is C24H30ClN3O3S. The lowest BCUT2D eigenvalue weighted by Gasteiger charge is -2.43. The van der Waals surface area contributed by atoms with Crippen LogP contribution in [0.25, 0.3) is 0 Å². The van der Waals surface area contributed by atoms with Crippen LogP contribution in [0.4, 0.5) is 4.79 Å². The third-order valence-electron chi connectivity index (χ3n) is 6.49. The van der Waals surface area contributed by atoms with E-state index in [0.29, 0.717) is 18.1 Å². The van der Waals surface area contributed by atoms with Gasteiger partial charge in [0.05, 0.1) is 6.04 Å². The van der Waals surface area contributed by atoms with Crippen LogP contribution < -0.4 is 5.32 Å². The Kier molecular flexibility index (Phi) is 7.15. The van der Waals surface area contributed by atoms with Gasteiger partial charge >= 0.3 is 6.03 Å². The van der Waals surface area contributed by atoms with Crippen LogP contribution in [0.15, 0.2) is 35.7 Å². The first-order chi connectivity index (χ1) is 15.3. The Hall–Kier alpha value is -1.99. The van der Waals surface area contributed by atoms with Crippen molar-refractivity contribution in [3.8, 4) is 0 Å². The molecule has 2 heterocycles. The minimum Gasteiger partial charge on any atom is -0.354 e. The first-order valence-electron chi connectivity index (χ1n) is 11.3. The average molecular weight is 476 g/mol. The predicted octanol–water partition coefficient (Wildman–Crippen LogP) is 4.43. The summed E-state index contributed by atoms with van der Waals surface area (Å²) < 4.78 is 0. The molecular weight excluding hydrogens is 446 g/mol. The largest absolute Gasteiger partial charge is 0.354 e. The Morgan fingerprint density at radius 2 is 1.97 bits per heavy atom. The number of halogens is 1. The van der Waals surface area contributed by atoms with E-state index in [4.69, 9.17) is 11.6 Å². The molecule has 4 rings (SSSR count). The third kappa shape index (κ3) is 4.99. The van der Waals surface area contributed by atoms with Gasteiger partial charge in [-0.1, -0.05) is 29.8 Å². The minimum atomic E-state index is -0.292. The zero-order valence-corrected chi connectivity index (χ0v) is 20.1. The molecule has 1 N–H and O–H groups in total. The number of rotatable bonds is 6. The number of thioether (sulfide) groups is 1. The fraction of sp³-hybridized carbons (Fsp3) is 0.542. The molecule has 1 aromatic rings. The van der Waals surface area contributed by atoms with Gasteiger partial charge in [-0.2, -0.15) is 0 Å². The molecule has 1 saturated heterocycles. The lowest BCUT2D eigenvalue weighted by Crippen LogP contribution is -2.62. The summed E-state index contributed by atoms with van der Waals surface area (Å²) in [6.45, 7) is 4.77. The Morgan fingerprint density at radius 3 is 2.66 bits per heavy atom. The predicted molar refractivity (Wildman–Crippen MR) is 127 cm³/mol. The Morgan fingerprint density at radius 1 is 1.22 bits per heavy atom. The highest BCUT2D eigenvalue weighted by Gasteiger charge is 2.47. The maximum atomic E-state index is 13.4. The summed E-state index contributed by atoms with van der Waals surface area (Å²) in [5.74, 6) is 0.277. The Bertz CT molecular complexity index is 914. The molecule has 1 saturated carbocycles. The number of carbonyl (C=O) groups excluding carboxylic acids is 3. The number of nitrogens with one attached hydrogen (secondary N) is 1. The Balaban J connectivity index is 1.43. The normalized spacial score (nSPS) is 27.8. The number of hydrogen-bond acceptors (Lipinski definition) is 4. The van der Waals surface area contributed by atoms with Crippen molar-refractivity contribution in [1.82, 2.24) is 15.1 Å². The number of imide groups is 1. The minimum absolute atomic E-state index is 0.0275. The van der Waals surface area contributed by atoms with Crippen molar-refractivity contribution in [1.29, 1.82) is 0 Å². The third-order valence-corrected chi connectivity index (χ3v) is 7.81. The van der Waals surface area contributed by atoms with E-state index in [9.17, 15) is 14.4 Å². The van der Waals surface area contributed by atoms with Gasteiger partial charge in [0.25, 0.3) is 0 Å². The van der Waals surface area contributed by atoms with Crippen LogP contribution in [0, 0.1) is 11.8 Å². The van der Waals surface area contributed by atoms with Gasteiger partial charge in [-0.15, -0.1) is 11.8 Å². The molecule has 3 aliphatic rings. The van der Waals surface area contributed by atoms with Gasteiger partial charge in [0, 0.05) is 30.1 Å².